The van der Waals surface area contributed by atoms with E-state index in [9.17, 15) is 0 Å². The molecule has 4 atom stereocenters. The molecule has 0 heterocycles. The van der Waals surface area contributed by atoms with Gasteiger partial charge >= 0.3 is 0 Å². The third-order valence-corrected chi connectivity index (χ3v) is 11.7. The van der Waals surface area contributed by atoms with Crippen molar-refractivity contribution in [3.8, 4) is 33.4 Å². The van der Waals surface area contributed by atoms with E-state index in [1.807, 2.05) is 0 Å². The Morgan fingerprint density at radius 1 is 0.750 bits per heavy atom. The minimum Gasteiger partial charge on any atom is -0.0833 e. The third-order valence-electron chi connectivity index (χ3n) is 10.9. The summed E-state index contributed by atoms with van der Waals surface area (Å²) < 4.78 is 1.13. The van der Waals surface area contributed by atoms with Gasteiger partial charge in [-0.15, -0.1) is 0 Å². The Morgan fingerprint density at radius 2 is 1.43 bits per heavy atom. The van der Waals surface area contributed by atoms with Crippen LogP contribution in [-0.4, -0.2) is 0 Å². The number of hydrogen-bond donors (Lipinski definition) is 0. The maximum atomic E-state index is 7.66. The molecule has 4 aromatic carbocycles. The van der Waals surface area contributed by atoms with Gasteiger partial charge in [0.15, 0.2) is 0 Å². The Kier molecular flexibility index (Phi) is 5.32. The van der Waals surface area contributed by atoms with Crippen LogP contribution in [-0.2, 0) is 10.8 Å². The van der Waals surface area contributed by atoms with Crippen LogP contribution in [0.3, 0.4) is 0 Å². The van der Waals surface area contributed by atoms with Crippen molar-refractivity contribution in [3.63, 3.8) is 0 Å². The Morgan fingerprint density at radius 3 is 2.25 bits per heavy atom. The van der Waals surface area contributed by atoms with Crippen LogP contribution in [0, 0.1) is 17.8 Å². The fourth-order valence-corrected chi connectivity index (χ4v) is 9.83. The molecule has 4 unspecified atom stereocenters. The molecule has 0 amide bonds. The van der Waals surface area contributed by atoms with Gasteiger partial charge in [-0.1, -0.05) is 115 Å². The Bertz CT molecular complexity index is 1770. The predicted octanol–water partition coefficient (Wildman–Crippen LogP) is 11.4. The molecular weight excluding hydrogens is 572 g/mol. The first-order valence-corrected chi connectivity index (χ1v) is 15.9. The van der Waals surface area contributed by atoms with Gasteiger partial charge in [-0.3, -0.25) is 0 Å². The zero-order valence-electron chi connectivity index (χ0n) is 23.6. The standard InChI is InChI=1S/C38H34BrCl/c1-21-15-24-17-25(16-21)38(20-22(24)2)32-8-6-5-7-28(32)31-14-13-27(36(40)35(31)38)23-9-11-29-30-12-10-26(39)19-34(30)37(3,4)33(29)18-23/h5-14,18-21,24-25H,15-17H2,1-4H3. The van der Waals surface area contributed by atoms with E-state index < -0.39 is 0 Å². The van der Waals surface area contributed by atoms with Crippen LogP contribution in [0.5, 0.6) is 0 Å². The van der Waals surface area contributed by atoms with Crippen molar-refractivity contribution < 1.29 is 0 Å². The maximum Gasteiger partial charge on any atom is 0.0535 e. The van der Waals surface area contributed by atoms with Crippen molar-refractivity contribution in [2.24, 2.45) is 17.8 Å². The first-order chi connectivity index (χ1) is 19.2. The van der Waals surface area contributed by atoms with Gasteiger partial charge in [-0.2, -0.15) is 0 Å². The maximum absolute atomic E-state index is 7.66. The van der Waals surface area contributed by atoms with E-state index in [2.05, 4.69) is 122 Å². The van der Waals surface area contributed by atoms with E-state index in [0.29, 0.717) is 11.8 Å². The number of benzene rings is 4. The number of halogens is 2. The number of hydrogen-bond acceptors (Lipinski definition) is 0. The summed E-state index contributed by atoms with van der Waals surface area (Å²) in [4.78, 5) is 0. The molecule has 1 saturated carbocycles. The highest BCUT2D eigenvalue weighted by Gasteiger charge is 2.53. The second-order valence-electron chi connectivity index (χ2n) is 13.4. The summed E-state index contributed by atoms with van der Waals surface area (Å²) >= 11 is 11.4. The summed E-state index contributed by atoms with van der Waals surface area (Å²) in [5.74, 6) is 2.02. The highest BCUT2D eigenvalue weighted by atomic mass is 79.9. The molecule has 40 heavy (non-hydrogen) atoms. The molecule has 1 fully saturated rings. The summed E-state index contributed by atoms with van der Waals surface area (Å²) in [6, 6.07) is 27.4. The normalized spacial score (nSPS) is 26.6. The van der Waals surface area contributed by atoms with Crippen LogP contribution in [0.2, 0.25) is 5.02 Å². The zero-order valence-corrected chi connectivity index (χ0v) is 26.0. The molecule has 2 bridgehead atoms. The van der Waals surface area contributed by atoms with E-state index in [4.69, 9.17) is 11.6 Å². The Labute approximate surface area is 251 Å². The molecule has 2 heteroatoms. The van der Waals surface area contributed by atoms with Crippen LogP contribution < -0.4 is 0 Å². The molecule has 4 aromatic rings. The van der Waals surface area contributed by atoms with Crippen molar-refractivity contribution in [2.75, 3.05) is 0 Å². The molecule has 0 N–H and O–H groups in total. The molecule has 4 aliphatic carbocycles. The molecule has 0 aliphatic heterocycles. The van der Waals surface area contributed by atoms with E-state index >= 15 is 0 Å². The monoisotopic (exact) mass is 604 g/mol. The van der Waals surface area contributed by atoms with Crippen molar-refractivity contribution in [1.82, 2.24) is 0 Å². The average molecular weight is 606 g/mol. The smallest absolute Gasteiger partial charge is 0.0535 e. The van der Waals surface area contributed by atoms with Crippen LogP contribution in [0.1, 0.15) is 69.2 Å². The number of fused-ring (bicyclic) bond motifs is 11. The molecule has 0 nitrogen and oxygen atoms in total. The fourth-order valence-electron chi connectivity index (χ4n) is 9.03. The first-order valence-electron chi connectivity index (χ1n) is 14.8. The van der Waals surface area contributed by atoms with Gasteiger partial charge in [0, 0.05) is 20.9 Å². The van der Waals surface area contributed by atoms with E-state index in [1.54, 1.807) is 5.57 Å². The minimum absolute atomic E-state index is 0.0679. The fraction of sp³-hybridized carbons (Fsp3) is 0.316. The van der Waals surface area contributed by atoms with Crippen LogP contribution in [0.25, 0.3) is 33.4 Å². The third kappa shape index (κ3) is 3.20. The molecule has 200 valence electrons. The largest absolute Gasteiger partial charge is 0.0833 e. The lowest BCUT2D eigenvalue weighted by molar-refractivity contribution is 0.168. The topological polar surface area (TPSA) is 0 Å². The molecule has 0 saturated heterocycles. The average Bonchev–Trinajstić information content (AvgIpc) is 3.34. The molecule has 4 aliphatic rings. The highest BCUT2D eigenvalue weighted by Crippen LogP contribution is 2.63. The minimum atomic E-state index is -0.146. The van der Waals surface area contributed by atoms with Crippen molar-refractivity contribution in [2.45, 2.75) is 57.8 Å². The summed E-state index contributed by atoms with van der Waals surface area (Å²) in [5.41, 5.74) is 14.6. The lowest BCUT2D eigenvalue weighted by atomic mass is 9.55. The van der Waals surface area contributed by atoms with Gasteiger partial charge in [0.1, 0.15) is 0 Å². The zero-order chi connectivity index (χ0) is 27.6. The SMILES string of the molecule is CC1=CC2(c3ccccc3-c3ccc(-c4ccc5c(c4)C(C)(C)c4cc(Br)ccc4-5)c(Cl)c32)C2CC(C)CC1C2. The molecular formula is C38H34BrCl. The molecule has 0 aromatic heterocycles. The summed E-state index contributed by atoms with van der Waals surface area (Å²) in [6.07, 6.45) is 6.48. The van der Waals surface area contributed by atoms with E-state index in [1.165, 1.54) is 69.3 Å². The number of rotatable bonds is 1. The Balaban J connectivity index is 1.35. The summed E-state index contributed by atoms with van der Waals surface area (Å²) in [6.45, 7) is 9.52. The second-order valence-corrected chi connectivity index (χ2v) is 14.7. The summed E-state index contributed by atoms with van der Waals surface area (Å²) in [5, 5.41) is 0.936. The quantitative estimate of drug-likeness (QED) is 0.189. The second kappa shape index (κ2) is 8.46. The molecule has 0 radical (unpaired) electrons. The van der Waals surface area contributed by atoms with Crippen LogP contribution in [0.4, 0.5) is 0 Å². The van der Waals surface area contributed by atoms with Crippen molar-refractivity contribution >= 4 is 27.5 Å². The predicted molar refractivity (Wildman–Crippen MR) is 172 cm³/mol. The first kappa shape index (κ1) is 25.1. The Hall–Kier alpha value is -2.61. The lowest BCUT2D eigenvalue weighted by Crippen LogP contribution is -2.42. The molecule has 8 rings (SSSR count). The van der Waals surface area contributed by atoms with Gasteiger partial charge in [0.25, 0.3) is 0 Å². The summed E-state index contributed by atoms with van der Waals surface area (Å²) in [7, 11) is 0. The van der Waals surface area contributed by atoms with Crippen LogP contribution in [0.15, 0.2) is 88.9 Å². The van der Waals surface area contributed by atoms with Gasteiger partial charge < -0.3 is 0 Å². The van der Waals surface area contributed by atoms with Crippen LogP contribution >= 0.6 is 27.5 Å². The lowest BCUT2D eigenvalue weighted by Gasteiger charge is -2.49. The van der Waals surface area contributed by atoms with E-state index in [-0.39, 0.29) is 10.8 Å². The van der Waals surface area contributed by atoms with Gasteiger partial charge in [-0.25, -0.2) is 0 Å². The van der Waals surface area contributed by atoms with E-state index in [0.717, 1.165) is 21.0 Å². The van der Waals surface area contributed by atoms with Gasteiger partial charge in [0.2, 0.25) is 0 Å². The highest BCUT2D eigenvalue weighted by molar-refractivity contribution is 9.10. The van der Waals surface area contributed by atoms with Gasteiger partial charge in [-0.05, 0) is 112 Å². The number of allylic oxidation sites excluding steroid dienone is 2. The molecule has 1 spiro atoms. The van der Waals surface area contributed by atoms with Crippen molar-refractivity contribution in [3.05, 3.63) is 116 Å². The van der Waals surface area contributed by atoms with Crippen molar-refractivity contribution in [1.29, 1.82) is 0 Å². The van der Waals surface area contributed by atoms with Gasteiger partial charge in [0.05, 0.1) is 5.02 Å².